The van der Waals surface area contributed by atoms with E-state index >= 15 is 0 Å². The standard InChI is InChI=1S/C24H28Cl2N4O4/c25-18-6-1-7-19(26)21(18)23(31)29-20(24(32)33)14-30-12-17(13-30)34-11-3-5-16-9-8-15-4-2-10-27-22(15)28-16/h1,6-9,17,20H,2-5,10-14H2,(H,27,28)(H,29,31)(H,32,33). The molecular weight excluding hydrogens is 479 g/mol. The minimum atomic E-state index is -1.12. The van der Waals surface area contributed by atoms with Crippen molar-refractivity contribution in [3.63, 3.8) is 0 Å². The molecule has 1 unspecified atom stereocenters. The van der Waals surface area contributed by atoms with E-state index in [1.165, 1.54) is 17.7 Å². The van der Waals surface area contributed by atoms with Crippen molar-refractivity contribution in [2.24, 2.45) is 0 Å². The number of carbonyl (C=O) groups excluding carboxylic acids is 1. The molecule has 3 N–H and O–H groups in total. The normalized spacial score (nSPS) is 16.8. The number of rotatable bonds is 10. The molecule has 0 spiro atoms. The van der Waals surface area contributed by atoms with Gasteiger partial charge >= 0.3 is 5.97 Å². The van der Waals surface area contributed by atoms with Crippen LogP contribution >= 0.6 is 23.2 Å². The van der Waals surface area contributed by atoms with Gasteiger partial charge in [0, 0.05) is 38.5 Å². The summed E-state index contributed by atoms with van der Waals surface area (Å²) in [6.45, 7) is 3.01. The van der Waals surface area contributed by atoms with Gasteiger partial charge in [-0.3, -0.25) is 9.69 Å². The molecule has 0 saturated carbocycles. The number of fused-ring (bicyclic) bond motifs is 1. The number of halogens is 2. The molecule has 8 nitrogen and oxygen atoms in total. The van der Waals surface area contributed by atoms with Gasteiger partial charge in [-0.2, -0.15) is 0 Å². The summed E-state index contributed by atoms with van der Waals surface area (Å²) >= 11 is 12.1. The molecule has 4 rings (SSSR count). The summed E-state index contributed by atoms with van der Waals surface area (Å²) in [5, 5.41) is 15.8. The fourth-order valence-corrected chi connectivity index (χ4v) is 4.75. The average Bonchev–Trinajstić information content (AvgIpc) is 2.78. The molecule has 0 radical (unpaired) electrons. The van der Waals surface area contributed by atoms with Gasteiger partial charge in [0.25, 0.3) is 5.91 Å². The molecule has 0 aliphatic carbocycles. The van der Waals surface area contributed by atoms with E-state index in [0.29, 0.717) is 19.7 Å². The number of aromatic nitrogens is 1. The second kappa shape index (κ2) is 11.4. The Morgan fingerprint density at radius 1 is 1.24 bits per heavy atom. The van der Waals surface area contributed by atoms with Crippen molar-refractivity contribution in [2.45, 2.75) is 37.8 Å². The van der Waals surface area contributed by atoms with Crippen LogP contribution in [0.2, 0.25) is 10.0 Å². The molecule has 1 atom stereocenters. The first-order valence-electron chi connectivity index (χ1n) is 11.4. The van der Waals surface area contributed by atoms with E-state index in [2.05, 4.69) is 22.8 Å². The van der Waals surface area contributed by atoms with Crippen molar-refractivity contribution in [1.82, 2.24) is 15.2 Å². The van der Waals surface area contributed by atoms with E-state index in [1.807, 2.05) is 4.90 Å². The Hall–Kier alpha value is -2.39. The zero-order valence-corrected chi connectivity index (χ0v) is 20.2. The Balaban J connectivity index is 1.17. The molecule has 2 aromatic rings. The summed E-state index contributed by atoms with van der Waals surface area (Å²) < 4.78 is 5.91. The van der Waals surface area contributed by atoms with Crippen molar-refractivity contribution >= 4 is 40.9 Å². The Bertz CT molecular complexity index is 1030. The van der Waals surface area contributed by atoms with Gasteiger partial charge in [-0.15, -0.1) is 0 Å². The minimum Gasteiger partial charge on any atom is -0.480 e. The van der Waals surface area contributed by atoms with Crippen molar-refractivity contribution in [3.05, 3.63) is 57.2 Å². The van der Waals surface area contributed by atoms with Gasteiger partial charge in [-0.05, 0) is 49.4 Å². The van der Waals surface area contributed by atoms with Gasteiger partial charge in [-0.25, -0.2) is 9.78 Å². The van der Waals surface area contributed by atoms with Gasteiger partial charge in [0.15, 0.2) is 0 Å². The lowest BCUT2D eigenvalue weighted by atomic mass is 10.1. The lowest BCUT2D eigenvalue weighted by Crippen LogP contribution is -2.58. The lowest BCUT2D eigenvalue weighted by molar-refractivity contribution is -0.141. The minimum absolute atomic E-state index is 0.0568. The molecule has 2 aliphatic rings. The maximum Gasteiger partial charge on any atom is 0.327 e. The van der Waals surface area contributed by atoms with E-state index in [4.69, 9.17) is 32.9 Å². The number of aliphatic carboxylic acids is 1. The predicted molar refractivity (Wildman–Crippen MR) is 131 cm³/mol. The number of carbonyl (C=O) groups is 2. The first-order valence-corrected chi connectivity index (χ1v) is 12.2. The van der Waals surface area contributed by atoms with Crippen LogP contribution in [-0.4, -0.2) is 71.8 Å². The summed E-state index contributed by atoms with van der Waals surface area (Å²) in [5.74, 6) is -0.716. The predicted octanol–water partition coefficient (Wildman–Crippen LogP) is 3.26. The highest BCUT2D eigenvalue weighted by Crippen LogP contribution is 2.24. The van der Waals surface area contributed by atoms with Gasteiger partial charge < -0.3 is 20.5 Å². The van der Waals surface area contributed by atoms with E-state index in [-0.39, 0.29) is 28.3 Å². The van der Waals surface area contributed by atoms with Crippen LogP contribution in [0.3, 0.4) is 0 Å². The van der Waals surface area contributed by atoms with Crippen LogP contribution in [0.1, 0.15) is 34.5 Å². The average molecular weight is 507 g/mol. The zero-order valence-electron chi connectivity index (χ0n) is 18.7. The van der Waals surface area contributed by atoms with Crippen molar-refractivity contribution in [2.75, 3.05) is 38.1 Å². The maximum atomic E-state index is 12.5. The number of aryl methyl sites for hydroxylation is 2. The number of amides is 1. The van der Waals surface area contributed by atoms with Crippen molar-refractivity contribution < 1.29 is 19.4 Å². The largest absolute Gasteiger partial charge is 0.480 e. The first-order chi connectivity index (χ1) is 16.4. The molecule has 0 bridgehead atoms. The molecule has 1 amide bonds. The van der Waals surface area contributed by atoms with Crippen molar-refractivity contribution in [1.29, 1.82) is 0 Å². The molecule has 3 heterocycles. The number of pyridine rings is 1. The molecule has 1 fully saturated rings. The molecule has 1 aromatic heterocycles. The second-order valence-electron chi connectivity index (χ2n) is 8.62. The fraction of sp³-hybridized carbons (Fsp3) is 0.458. The molecule has 10 heteroatoms. The van der Waals surface area contributed by atoms with Crippen LogP contribution < -0.4 is 10.6 Å². The Labute approximate surface area is 208 Å². The fourth-order valence-electron chi connectivity index (χ4n) is 4.18. The highest BCUT2D eigenvalue weighted by molar-refractivity contribution is 6.39. The number of nitrogens with one attached hydrogen (secondary N) is 2. The number of carboxylic acid groups (broad SMARTS) is 1. The summed E-state index contributed by atoms with van der Waals surface area (Å²) in [7, 11) is 0. The maximum absolute atomic E-state index is 12.5. The zero-order chi connectivity index (χ0) is 24.1. The number of hydrogen-bond acceptors (Lipinski definition) is 6. The number of hydrogen-bond donors (Lipinski definition) is 3. The van der Waals surface area contributed by atoms with E-state index in [1.54, 1.807) is 6.07 Å². The SMILES string of the molecule is O=C(NC(CN1CC(OCCCc2ccc3c(n2)NCCC3)C1)C(=O)O)c1c(Cl)cccc1Cl. The summed E-state index contributed by atoms with van der Waals surface area (Å²) in [6.07, 6.45) is 4.01. The van der Waals surface area contributed by atoms with Gasteiger partial charge in [0.05, 0.1) is 21.7 Å². The number of nitrogens with zero attached hydrogens (tertiary/aromatic N) is 2. The van der Waals surface area contributed by atoms with Crippen molar-refractivity contribution in [3.8, 4) is 0 Å². The number of anilines is 1. The number of likely N-dealkylation sites (tertiary alicyclic amines) is 1. The second-order valence-corrected chi connectivity index (χ2v) is 9.43. The monoisotopic (exact) mass is 506 g/mol. The number of carboxylic acids is 1. The van der Waals surface area contributed by atoms with E-state index in [9.17, 15) is 14.7 Å². The first kappa shape index (κ1) is 24.7. The molecule has 182 valence electrons. The van der Waals surface area contributed by atoms with E-state index < -0.39 is 17.9 Å². The third-order valence-corrected chi connectivity index (χ3v) is 6.67. The summed E-state index contributed by atoms with van der Waals surface area (Å²) in [5.41, 5.74) is 2.42. The van der Waals surface area contributed by atoms with E-state index in [0.717, 1.165) is 43.7 Å². The van der Waals surface area contributed by atoms with Gasteiger partial charge in [0.1, 0.15) is 11.9 Å². The summed E-state index contributed by atoms with van der Waals surface area (Å²) in [4.78, 5) is 30.8. The van der Waals surface area contributed by atoms with Crippen LogP contribution in [0.5, 0.6) is 0 Å². The summed E-state index contributed by atoms with van der Waals surface area (Å²) in [6, 6.07) is 7.86. The Morgan fingerprint density at radius 3 is 2.74 bits per heavy atom. The molecule has 2 aliphatic heterocycles. The van der Waals surface area contributed by atoms with Crippen LogP contribution in [-0.2, 0) is 22.4 Å². The quantitative estimate of drug-likeness (QED) is 0.424. The molecular formula is C24H28Cl2N4O4. The Kier molecular flexibility index (Phi) is 8.26. The molecule has 34 heavy (non-hydrogen) atoms. The van der Waals surface area contributed by atoms with Crippen LogP contribution in [0.25, 0.3) is 0 Å². The number of benzene rings is 1. The van der Waals surface area contributed by atoms with Crippen LogP contribution in [0, 0.1) is 0 Å². The van der Waals surface area contributed by atoms with Crippen LogP contribution in [0.4, 0.5) is 5.82 Å². The third kappa shape index (κ3) is 6.18. The Morgan fingerprint density at radius 2 is 2.00 bits per heavy atom. The topological polar surface area (TPSA) is 104 Å². The highest BCUT2D eigenvalue weighted by Gasteiger charge is 2.32. The number of ether oxygens (including phenoxy) is 1. The smallest absolute Gasteiger partial charge is 0.327 e. The highest BCUT2D eigenvalue weighted by atomic mass is 35.5. The van der Waals surface area contributed by atoms with Crippen LogP contribution in [0.15, 0.2) is 30.3 Å². The molecule has 1 aromatic carbocycles. The third-order valence-electron chi connectivity index (χ3n) is 6.04. The van der Waals surface area contributed by atoms with Gasteiger partial charge in [-0.1, -0.05) is 35.3 Å². The van der Waals surface area contributed by atoms with Gasteiger partial charge in [0.2, 0.25) is 0 Å². The molecule has 1 saturated heterocycles. The lowest BCUT2D eigenvalue weighted by Gasteiger charge is -2.40.